The second kappa shape index (κ2) is 8.23. The van der Waals surface area contributed by atoms with Gasteiger partial charge >= 0.3 is 0 Å². The van der Waals surface area contributed by atoms with Gasteiger partial charge in [-0.15, -0.1) is 4.40 Å². The number of fused-ring (bicyclic) bond motifs is 1. The van der Waals surface area contributed by atoms with Crippen molar-refractivity contribution in [3.8, 4) is 0 Å². The number of nitrogens with zero attached hydrogens (tertiary/aromatic N) is 4. The Kier molecular flexibility index (Phi) is 5.50. The van der Waals surface area contributed by atoms with Gasteiger partial charge in [0.05, 0.1) is 4.90 Å². The molecule has 0 bridgehead atoms. The predicted molar refractivity (Wildman–Crippen MR) is 122 cm³/mol. The standard InChI is InChI=1S/C22H24N4O5S2/c27-22(24-13-15-25(16-14-24)33(30,31)17-7-2-1-3-8-17)19-10-6-12-26(19)21-18-9-4-5-11-20(18)32(28,29)23-21/h1-5,7-9,11,19H,6,10,12-16H2/t19-/m0/s1. The van der Waals surface area contributed by atoms with E-state index in [-0.39, 0.29) is 41.9 Å². The molecule has 0 saturated carbocycles. The predicted octanol–water partition coefficient (Wildman–Crippen LogP) is 1.13. The summed E-state index contributed by atoms with van der Waals surface area (Å²) in [7, 11) is -7.37. The van der Waals surface area contributed by atoms with Crippen LogP contribution < -0.4 is 0 Å². The number of amides is 1. The van der Waals surface area contributed by atoms with Gasteiger partial charge in [0.15, 0.2) is 5.84 Å². The molecule has 0 N–H and O–H groups in total. The third kappa shape index (κ3) is 3.83. The fraction of sp³-hybridized carbons (Fsp3) is 0.364. The molecule has 3 heterocycles. The number of amidine groups is 1. The van der Waals surface area contributed by atoms with Gasteiger partial charge in [-0.3, -0.25) is 4.79 Å². The number of piperazine rings is 1. The lowest BCUT2D eigenvalue weighted by molar-refractivity contribution is -0.136. The van der Waals surface area contributed by atoms with Crippen LogP contribution in [0.2, 0.25) is 0 Å². The van der Waals surface area contributed by atoms with E-state index < -0.39 is 26.1 Å². The van der Waals surface area contributed by atoms with Gasteiger partial charge < -0.3 is 9.80 Å². The van der Waals surface area contributed by atoms with Gasteiger partial charge in [-0.1, -0.05) is 30.3 Å². The van der Waals surface area contributed by atoms with Crippen LogP contribution in [-0.4, -0.2) is 81.4 Å². The zero-order valence-electron chi connectivity index (χ0n) is 17.9. The SMILES string of the molecule is O=C([C@@H]1CCCN1C1=NS(=O)(=O)c2ccccc21)N1CCN(S(=O)(=O)c2ccccc2)CC1. The Morgan fingerprint density at radius 2 is 1.58 bits per heavy atom. The van der Waals surface area contributed by atoms with E-state index >= 15 is 0 Å². The van der Waals surface area contributed by atoms with Crippen LogP contribution in [0.15, 0.2) is 68.8 Å². The highest BCUT2D eigenvalue weighted by molar-refractivity contribution is 7.90. The maximum Gasteiger partial charge on any atom is 0.285 e. The molecule has 5 rings (SSSR count). The van der Waals surface area contributed by atoms with Gasteiger partial charge in [-0.2, -0.15) is 12.7 Å². The third-order valence-corrected chi connectivity index (χ3v) is 9.59. The van der Waals surface area contributed by atoms with Gasteiger partial charge in [0, 0.05) is 38.3 Å². The Labute approximate surface area is 193 Å². The van der Waals surface area contributed by atoms with E-state index in [2.05, 4.69) is 4.40 Å². The summed E-state index contributed by atoms with van der Waals surface area (Å²) in [6.07, 6.45) is 1.35. The highest BCUT2D eigenvalue weighted by Gasteiger charge is 2.41. The molecule has 33 heavy (non-hydrogen) atoms. The molecule has 0 aromatic heterocycles. The lowest BCUT2D eigenvalue weighted by atomic mass is 10.1. The van der Waals surface area contributed by atoms with Crippen LogP contribution in [0.1, 0.15) is 18.4 Å². The Morgan fingerprint density at radius 3 is 2.30 bits per heavy atom. The lowest BCUT2D eigenvalue weighted by Crippen LogP contribution is -2.55. The minimum atomic E-state index is -3.77. The first-order valence-electron chi connectivity index (χ1n) is 10.8. The van der Waals surface area contributed by atoms with Crippen LogP contribution in [0.4, 0.5) is 0 Å². The molecule has 2 saturated heterocycles. The molecule has 3 aliphatic heterocycles. The molecule has 0 spiro atoms. The molecular weight excluding hydrogens is 464 g/mol. The quantitative estimate of drug-likeness (QED) is 0.641. The number of benzene rings is 2. The largest absolute Gasteiger partial charge is 0.343 e. The molecule has 3 aliphatic rings. The molecule has 174 valence electrons. The Balaban J connectivity index is 1.31. The minimum absolute atomic E-state index is 0.117. The van der Waals surface area contributed by atoms with E-state index in [1.807, 2.05) is 0 Å². The first-order valence-corrected chi connectivity index (χ1v) is 13.7. The molecule has 11 heteroatoms. The number of likely N-dealkylation sites (tertiary alicyclic amines) is 1. The topological polar surface area (TPSA) is 107 Å². The zero-order chi connectivity index (χ0) is 23.2. The van der Waals surface area contributed by atoms with Crippen LogP contribution in [0.25, 0.3) is 0 Å². The van der Waals surface area contributed by atoms with E-state index in [1.54, 1.807) is 58.3 Å². The van der Waals surface area contributed by atoms with E-state index in [0.717, 1.165) is 6.42 Å². The third-order valence-electron chi connectivity index (χ3n) is 6.35. The van der Waals surface area contributed by atoms with Crippen molar-refractivity contribution in [3.63, 3.8) is 0 Å². The average molecular weight is 489 g/mol. The van der Waals surface area contributed by atoms with Gasteiger partial charge in [-0.25, -0.2) is 8.42 Å². The molecule has 1 atom stereocenters. The first kappa shape index (κ1) is 22.1. The van der Waals surface area contributed by atoms with Crippen LogP contribution in [0.5, 0.6) is 0 Å². The number of hydrogen-bond donors (Lipinski definition) is 0. The summed E-state index contributed by atoms with van der Waals surface area (Å²) >= 11 is 0. The monoisotopic (exact) mass is 488 g/mol. The minimum Gasteiger partial charge on any atom is -0.343 e. The van der Waals surface area contributed by atoms with Gasteiger partial charge in [-0.05, 0) is 37.1 Å². The zero-order valence-corrected chi connectivity index (χ0v) is 19.5. The highest BCUT2D eigenvalue weighted by Crippen LogP contribution is 2.32. The van der Waals surface area contributed by atoms with Crippen molar-refractivity contribution < 1.29 is 21.6 Å². The molecule has 0 aliphatic carbocycles. The van der Waals surface area contributed by atoms with E-state index in [1.165, 1.54) is 10.4 Å². The molecule has 9 nitrogen and oxygen atoms in total. The normalized spacial score (nSPS) is 22.8. The Morgan fingerprint density at radius 1 is 0.909 bits per heavy atom. The fourth-order valence-corrected chi connectivity index (χ4v) is 7.33. The van der Waals surface area contributed by atoms with Crippen LogP contribution in [0, 0.1) is 0 Å². The van der Waals surface area contributed by atoms with Crippen molar-refractivity contribution in [2.24, 2.45) is 4.40 Å². The molecular formula is C22H24N4O5S2. The van der Waals surface area contributed by atoms with E-state index in [4.69, 9.17) is 0 Å². The summed E-state index contributed by atoms with van der Waals surface area (Å²) in [5.41, 5.74) is 0.524. The fourth-order valence-electron chi connectivity index (χ4n) is 4.67. The maximum absolute atomic E-state index is 13.4. The second-order valence-electron chi connectivity index (χ2n) is 8.28. The van der Waals surface area contributed by atoms with Crippen LogP contribution in [0.3, 0.4) is 0 Å². The summed E-state index contributed by atoms with van der Waals surface area (Å²) in [4.78, 5) is 17.3. The second-order valence-corrected chi connectivity index (χ2v) is 11.8. The summed E-state index contributed by atoms with van der Waals surface area (Å²) in [6.45, 7) is 1.55. The number of carbonyl (C=O) groups excluding carboxylic acids is 1. The van der Waals surface area contributed by atoms with Crippen molar-refractivity contribution >= 4 is 31.8 Å². The summed E-state index contributed by atoms with van der Waals surface area (Å²) in [6, 6.07) is 14.4. The molecule has 0 unspecified atom stereocenters. The Hall–Kier alpha value is -2.76. The lowest BCUT2D eigenvalue weighted by Gasteiger charge is -2.37. The number of hydrogen-bond acceptors (Lipinski definition) is 6. The number of rotatable bonds is 3. The van der Waals surface area contributed by atoms with E-state index in [0.29, 0.717) is 24.4 Å². The molecule has 1 amide bonds. The maximum atomic E-state index is 13.4. The van der Waals surface area contributed by atoms with Crippen molar-refractivity contribution in [2.75, 3.05) is 32.7 Å². The smallest absolute Gasteiger partial charge is 0.285 e. The van der Waals surface area contributed by atoms with Crippen molar-refractivity contribution in [2.45, 2.75) is 28.7 Å². The van der Waals surface area contributed by atoms with Crippen molar-refractivity contribution in [3.05, 3.63) is 60.2 Å². The van der Waals surface area contributed by atoms with E-state index in [9.17, 15) is 21.6 Å². The molecule has 2 aromatic rings. The van der Waals surface area contributed by atoms with Crippen molar-refractivity contribution in [1.82, 2.24) is 14.1 Å². The average Bonchev–Trinajstić information content (AvgIpc) is 3.42. The first-order chi connectivity index (χ1) is 15.8. The van der Waals surface area contributed by atoms with Crippen molar-refractivity contribution in [1.29, 1.82) is 0 Å². The summed E-state index contributed by atoms with van der Waals surface area (Å²) < 4.78 is 56.1. The Bertz CT molecular complexity index is 1320. The highest BCUT2D eigenvalue weighted by atomic mass is 32.2. The molecule has 2 fully saturated rings. The summed E-state index contributed by atoms with van der Waals surface area (Å²) in [5, 5.41) is 0. The van der Waals surface area contributed by atoms with Crippen LogP contribution in [-0.2, 0) is 24.8 Å². The van der Waals surface area contributed by atoms with Gasteiger partial charge in [0.25, 0.3) is 10.0 Å². The van der Waals surface area contributed by atoms with Gasteiger partial charge in [0.1, 0.15) is 10.9 Å². The summed E-state index contributed by atoms with van der Waals surface area (Å²) in [5.74, 6) is 0.209. The number of sulfonamides is 2. The van der Waals surface area contributed by atoms with Gasteiger partial charge in [0.2, 0.25) is 15.9 Å². The van der Waals surface area contributed by atoms with Crippen LogP contribution >= 0.6 is 0 Å². The number of carbonyl (C=O) groups is 1. The molecule has 0 radical (unpaired) electrons. The molecule has 2 aromatic carbocycles.